The van der Waals surface area contributed by atoms with Gasteiger partial charge in [0, 0.05) is 11.4 Å². The van der Waals surface area contributed by atoms with E-state index in [1.54, 1.807) is 11.3 Å². The number of hydrogen-bond acceptors (Lipinski definition) is 6. The molecule has 2 aromatic heterocycles. The first kappa shape index (κ1) is 16.5. The Bertz CT molecular complexity index is 681. The van der Waals surface area contributed by atoms with Gasteiger partial charge in [-0.2, -0.15) is 0 Å². The summed E-state index contributed by atoms with van der Waals surface area (Å²) in [6, 6.07) is 2.19. The summed E-state index contributed by atoms with van der Waals surface area (Å²) >= 11 is 3.04. The van der Waals surface area contributed by atoms with Gasteiger partial charge in [-0.3, -0.25) is 4.79 Å². The maximum atomic E-state index is 11.6. The molecule has 0 radical (unpaired) electrons. The van der Waals surface area contributed by atoms with Gasteiger partial charge in [0.05, 0.1) is 10.6 Å². The fraction of sp³-hybridized carbons (Fsp3) is 0.562. The fourth-order valence-corrected chi connectivity index (χ4v) is 4.34. The number of hydrogen-bond donors (Lipinski definition) is 1. The van der Waals surface area contributed by atoms with Crippen LogP contribution in [0.1, 0.15) is 37.1 Å². The maximum Gasteiger partial charge on any atom is 0.277 e. The molecule has 124 valence electrons. The highest BCUT2D eigenvalue weighted by atomic mass is 32.2. The molecule has 2 aromatic rings. The Morgan fingerprint density at radius 1 is 1.52 bits per heavy atom. The number of nitrogens with one attached hydrogen (secondary N) is 1. The molecule has 5 nitrogen and oxygen atoms in total. The van der Waals surface area contributed by atoms with Gasteiger partial charge in [0.1, 0.15) is 0 Å². The number of aryl methyl sites for hydroxylation is 1. The van der Waals surface area contributed by atoms with Crippen molar-refractivity contribution >= 4 is 29.0 Å². The Morgan fingerprint density at radius 3 is 3.22 bits per heavy atom. The van der Waals surface area contributed by atoms with E-state index in [-0.39, 0.29) is 5.91 Å². The lowest BCUT2D eigenvalue weighted by Crippen LogP contribution is -2.25. The molecule has 1 atom stereocenters. The van der Waals surface area contributed by atoms with E-state index >= 15 is 0 Å². The molecule has 3 rings (SSSR count). The second kappa shape index (κ2) is 7.49. The van der Waals surface area contributed by atoms with Crippen LogP contribution in [0.2, 0.25) is 0 Å². The van der Waals surface area contributed by atoms with Crippen LogP contribution >= 0.6 is 23.1 Å². The van der Waals surface area contributed by atoms with Gasteiger partial charge in [-0.15, -0.1) is 21.5 Å². The summed E-state index contributed by atoms with van der Waals surface area (Å²) < 4.78 is 5.70. The first-order valence-corrected chi connectivity index (χ1v) is 9.81. The van der Waals surface area contributed by atoms with E-state index in [2.05, 4.69) is 28.5 Å². The number of fused-ring (bicyclic) bond motifs is 1. The summed E-state index contributed by atoms with van der Waals surface area (Å²) in [5, 5.41) is 11.5. The summed E-state index contributed by atoms with van der Waals surface area (Å²) in [6.07, 6.45) is 4.47. The normalized spacial score (nSPS) is 17.0. The summed E-state index contributed by atoms with van der Waals surface area (Å²) in [4.78, 5) is 14.1. The van der Waals surface area contributed by atoms with Crippen LogP contribution in [-0.2, 0) is 17.6 Å². The third kappa shape index (κ3) is 4.14. The average molecular weight is 351 g/mol. The quantitative estimate of drug-likeness (QED) is 0.806. The van der Waals surface area contributed by atoms with Crippen LogP contribution in [0, 0.1) is 5.92 Å². The summed E-state index contributed by atoms with van der Waals surface area (Å²) in [5.74, 6) is 1.62. The lowest BCUT2D eigenvalue weighted by Gasteiger charge is -2.16. The van der Waals surface area contributed by atoms with E-state index in [1.165, 1.54) is 28.6 Å². The van der Waals surface area contributed by atoms with Gasteiger partial charge in [-0.05, 0) is 43.2 Å². The molecule has 7 heteroatoms. The lowest BCUT2D eigenvalue weighted by molar-refractivity contribution is -0.118. The number of rotatable bonds is 6. The van der Waals surface area contributed by atoms with Crippen molar-refractivity contribution in [3.63, 3.8) is 0 Å². The summed E-state index contributed by atoms with van der Waals surface area (Å²) in [6.45, 7) is 5.03. The number of thioether (sulfide) groups is 1. The van der Waals surface area contributed by atoms with Crippen LogP contribution < -0.4 is 5.32 Å². The largest absolute Gasteiger partial charge is 0.410 e. The highest BCUT2D eigenvalue weighted by Gasteiger charge is 2.21. The molecule has 1 aliphatic rings. The van der Waals surface area contributed by atoms with E-state index < -0.39 is 0 Å². The molecule has 0 saturated carbocycles. The van der Waals surface area contributed by atoms with Crippen LogP contribution in [-0.4, -0.2) is 28.4 Å². The Hall–Kier alpha value is -1.34. The third-order valence-corrected chi connectivity index (χ3v) is 5.89. The molecule has 1 N–H and O–H groups in total. The molecule has 1 aliphatic carbocycles. The van der Waals surface area contributed by atoms with Crippen molar-refractivity contribution in [2.75, 3.05) is 12.3 Å². The smallest absolute Gasteiger partial charge is 0.277 e. The highest BCUT2D eigenvalue weighted by Crippen LogP contribution is 2.37. The Labute approximate surface area is 144 Å². The molecule has 0 unspecified atom stereocenters. The molecule has 1 amide bonds. The maximum absolute atomic E-state index is 11.6. The summed E-state index contributed by atoms with van der Waals surface area (Å²) in [5.41, 5.74) is 1.43. The van der Waals surface area contributed by atoms with Crippen LogP contribution in [0.5, 0.6) is 0 Å². The van der Waals surface area contributed by atoms with Gasteiger partial charge in [-0.1, -0.05) is 25.6 Å². The summed E-state index contributed by atoms with van der Waals surface area (Å²) in [7, 11) is 0. The molecule has 0 aliphatic heterocycles. The van der Waals surface area contributed by atoms with Gasteiger partial charge in [-0.25, -0.2) is 0 Å². The second-order valence-corrected chi connectivity index (χ2v) is 7.98. The zero-order valence-corrected chi connectivity index (χ0v) is 15.1. The van der Waals surface area contributed by atoms with Crippen molar-refractivity contribution in [1.82, 2.24) is 15.5 Å². The lowest BCUT2D eigenvalue weighted by atomic mass is 9.90. The van der Waals surface area contributed by atoms with E-state index in [0.717, 1.165) is 30.1 Å². The zero-order valence-electron chi connectivity index (χ0n) is 13.4. The van der Waals surface area contributed by atoms with Crippen LogP contribution in [0.4, 0.5) is 0 Å². The minimum atomic E-state index is -0.00262. The van der Waals surface area contributed by atoms with E-state index in [0.29, 0.717) is 23.4 Å². The first-order valence-electron chi connectivity index (χ1n) is 8.00. The monoisotopic (exact) mass is 351 g/mol. The number of carbonyl (C=O) groups excluding carboxylic acids is 1. The minimum absolute atomic E-state index is 0.00262. The molecule has 2 heterocycles. The molecular formula is C16H21N3O2S2. The molecule has 0 spiro atoms. The Kier molecular flexibility index (Phi) is 5.38. The number of thiophene rings is 1. The van der Waals surface area contributed by atoms with Gasteiger partial charge in [0.25, 0.3) is 11.1 Å². The second-order valence-electron chi connectivity index (χ2n) is 5.92. The van der Waals surface area contributed by atoms with E-state index in [1.807, 2.05) is 6.92 Å². The standard InChI is InChI=1S/C16H21N3O2S2/c1-3-6-17-14(20)9-22-16-19-18-15(21-16)13-8-11-7-10(2)4-5-12(11)23-13/h8,10H,3-7,9H2,1-2H3,(H,17,20)/t10-/m0/s1. The van der Waals surface area contributed by atoms with Gasteiger partial charge >= 0.3 is 0 Å². The Morgan fingerprint density at radius 2 is 2.39 bits per heavy atom. The van der Waals surface area contributed by atoms with Gasteiger partial charge in [0.15, 0.2) is 0 Å². The van der Waals surface area contributed by atoms with Crippen LogP contribution in [0.3, 0.4) is 0 Å². The van der Waals surface area contributed by atoms with E-state index in [4.69, 9.17) is 4.42 Å². The van der Waals surface area contributed by atoms with Crippen molar-refractivity contribution in [1.29, 1.82) is 0 Å². The van der Waals surface area contributed by atoms with Gasteiger partial charge in [0.2, 0.25) is 5.91 Å². The van der Waals surface area contributed by atoms with Crippen molar-refractivity contribution in [2.24, 2.45) is 5.92 Å². The molecule has 23 heavy (non-hydrogen) atoms. The van der Waals surface area contributed by atoms with E-state index in [9.17, 15) is 4.79 Å². The molecule has 0 aromatic carbocycles. The topological polar surface area (TPSA) is 68.0 Å². The predicted molar refractivity (Wildman–Crippen MR) is 92.8 cm³/mol. The molecule has 0 saturated heterocycles. The van der Waals surface area contributed by atoms with Crippen molar-refractivity contribution < 1.29 is 9.21 Å². The Balaban J connectivity index is 1.62. The minimum Gasteiger partial charge on any atom is -0.410 e. The first-order chi connectivity index (χ1) is 11.2. The molecular weight excluding hydrogens is 330 g/mol. The van der Waals surface area contributed by atoms with Crippen LogP contribution in [0.15, 0.2) is 15.7 Å². The zero-order chi connectivity index (χ0) is 16.2. The fourth-order valence-electron chi connectivity index (χ4n) is 2.62. The van der Waals surface area contributed by atoms with Crippen molar-refractivity contribution in [3.8, 4) is 10.8 Å². The predicted octanol–water partition coefficient (Wildman–Crippen LogP) is 3.54. The number of amides is 1. The number of nitrogens with zero attached hydrogens (tertiary/aromatic N) is 2. The van der Waals surface area contributed by atoms with Crippen LogP contribution in [0.25, 0.3) is 10.8 Å². The third-order valence-electron chi connectivity index (χ3n) is 3.85. The highest BCUT2D eigenvalue weighted by molar-refractivity contribution is 7.99. The number of aromatic nitrogens is 2. The molecule has 0 fully saturated rings. The van der Waals surface area contributed by atoms with Crippen molar-refractivity contribution in [2.45, 2.75) is 44.8 Å². The van der Waals surface area contributed by atoms with Crippen molar-refractivity contribution in [3.05, 3.63) is 16.5 Å². The SMILES string of the molecule is CCCNC(=O)CSc1nnc(-c2cc3c(s2)CC[C@H](C)C3)o1. The number of carbonyl (C=O) groups is 1. The molecule has 0 bridgehead atoms. The van der Waals surface area contributed by atoms with Gasteiger partial charge < -0.3 is 9.73 Å². The average Bonchev–Trinajstić information content (AvgIpc) is 3.16.